The molecule has 0 aromatic rings. The molecule has 1 aliphatic heterocycles. The summed E-state index contributed by atoms with van der Waals surface area (Å²) in [5.41, 5.74) is 0. The summed E-state index contributed by atoms with van der Waals surface area (Å²) in [4.78, 5) is 36.5. The maximum atomic E-state index is 13.4. The van der Waals surface area contributed by atoms with Crippen LogP contribution in [0.25, 0.3) is 0 Å². The molecule has 390 valence electrons. The lowest BCUT2D eigenvalue weighted by atomic mass is 9.84. The van der Waals surface area contributed by atoms with E-state index in [0.29, 0.717) is 12.8 Å². The summed E-state index contributed by atoms with van der Waals surface area (Å²) < 4.78 is 45.4. The summed E-state index contributed by atoms with van der Waals surface area (Å²) in [5.74, 6) is -1.21. The van der Waals surface area contributed by atoms with Gasteiger partial charge in [-0.1, -0.05) is 168 Å². The van der Waals surface area contributed by atoms with Gasteiger partial charge in [-0.2, -0.15) is 0 Å². The first-order valence-corrected chi connectivity index (χ1v) is 26.9. The number of rotatable bonds is 39. The van der Waals surface area contributed by atoms with Crippen LogP contribution in [0, 0.1) is 0 Å². The van der Waals surface area contributed by atoms with Gasteiger partial charge in [-0.05, 0) is 12.8 Å². The molecule has 0 amide bonds. The number of phosphoric acid groups is 1. The first-order chi connectivity index (χ1) is 31.7. The van der Waals surface area contributed by atoms with Crippen molar-refractivity contribution in [2.75, 3.05) is 19.8 Å². The van der Waals surface area contributed by atoms with E-state index in [0.717, 1.165) is 51.4 Å². The van der Waals surface area contributed by atoms with Crippen LogP contribution in [0.3, 0.4) is 0 Å². The van der Waals surface area contributed by atoms with E-state index in [1.54, 1.807) is 0 Å². The molecule has 13 atom stereocenters. The molecule has 2 fully saturated rings. The standard InChI is InChI=1S/C47H89O18P/c1-3-5-7-9-11-13-15-17-19-21-23-25-27-29-36(49)60-32-34(62-37(50)30-28-26-24-22-20-18-16-14-12-10-8-6-4-2)33-61-66(58,59)65-46-43(56)41(54)40(53)42(55)45(46)64-47-44(57)39(52)38(51)35(31-48)63-47/h34-35,38-48,51-57H,3-33H2,1-2H3,(H,58,59)/t34-,35-,38-,39+,40+,41+,42-,43-,44+,45+,46-,47-/m1/s1. The molecule has 1 heterocycles. The van der Waals surface area contributed by atoms with Crippen LogP contribution in [0.2, 0.25) is 0 Å². The Morgan fingerprint density at radius 1 is 0.515 bits per heavy atom. The van der Waals surface area contributed by atoms with Gasteiger partial charge >= 0.3 is 19.8 Å². The Balaban J connectivity index is 1.95. The average molecular weight is 973 g/mol. The number of carbonyl (C=O) groups excluding carboxylic acids is 2. The van der Waals surface area contributed by atoms with Gasteiger partial charge in [0.05, 0.1) is 13.2 Å². The number of carbonyl (C=O) groups is 2. The van der Waals surface area contributed by atoms with Crippen LogP contribution in [0.5, 0.6) is 0 Å². The van der Waals surface area contributed by atoms with Crippen molar-refractivity contribution < 1.29 is 87.9 Å². The fraction of sp³-hybridized carbons (Fsp3) is 0.957. The van der Waals surface area contributed by atoms with Crippen molar-refractivity contribution in [3.63, 3.8) is 0 Å². The third-order valence-corrected chi connectivity index (χ3v) is 13.5. The summed E-state index contributed by atoms with van der Waals surface area (Å²) in [6, 6.07) is 0. The summed E-state index contributed by atoms with van der Waals surface area (Å²) >= 11 is 0. The van der Waals surface area contributed by atoms with Gasteiger partial charge in [0.1, 0.15) is 67.6 Å². The van der Waals surface area contributed by atoms with Crippen molar-refractivity contribution in [1.82, 2.24) is 0 Å². The minimum Gasteiger partial charge on any atom is -0.462 e. The zero-order valence-electron chi connectivity index (χ0n) is 40.0. The van der Waals surface area contributed by atoms with Crippen molar-refractivity contribution in [2.45, 2.75) is 267 Å². The average Bonchev–Trinajstić information content (AvgIpc) is 3.29. The molecular weight excluding hydrogens is 883 g/mol. The van der Waals surface area contributed by atoms with Crippen molar-refractivity contribution in [1.29, 1.82) is 0 Å². The highest BCUT2D eigenvalue weighted by molar-refractivity contribution is 7.47. The third kappa shape index (κ3) is 24.5. The van der Waals surface area contributed by atoms with E-state index < -0.39 is 113 Å². The van der Waals surface area contributed by atoms with E-state index in [4.69, 9.17) is 28.0 Å². The predicted molar refractivity (Wildman–Crippen MR) is 245 cm³/mol. The quantitative estimate of drug-likeness (QED) is 0.0207. The van der Waals surface area contributed by atoms with Gasteiger partial charge in [0.2, 0.25) is 0 Å². The largest absolute Gasteiger partial charge is 0.472 e. The van der Waals surface area contributed by atoms with Crippen LogP contribution in [0.1, 0.15) is 194 Å². The van der Waals surface area contributed by atoms with Gasteiger partial charge in [0, 0.05) is 12.8 Å². The van der Waals surface area contributed by atoms with Crippen molar-refractivity contribution in [3.8, 4) is 0 Å². The zero-order valence-corrected chi connectivity index (χ0v) is 40.9. The van der Waals surface area contributed by atoms with Gasteiger partial charge < -0.3 is 64.7 Å². The van der Waals surface area contributed by atoms with Gasteiger partial charge in [-0.25, -0.2) is 4.57 Å². The normalized spacial score (nSPS) is 28.2. The molecule has 0 aromatic heterocycles. The molecule has 0 aromatic carbocycles. The minimum atomic E-state index is -5.37. The molecule has 19 heteroatoms. The van der Waals surface area contributed by atoms with E-state index in [1.807, 2.05) is 0 Å². The SMILES string of the molecule is CCCCCCCCCCCCCCCC(=O)OC[C@H](COP(=O)(O)O[C@@H]1[C@H](O)[C@@H](O)[C@H](O)[C@@H](O)[C@@H]1O[C@H]1O[C@H](CO)[C@@H](O)[C@H](O)[C@@H]1O)OC(=O)CCCCCCCCCCCCCCC. The van der Waals surface area contributed by atoms with Gasteiger partial charge in [0.15, 0.2) is 12.4 Å². The number of aliphatic hydroxyl groups is 8. The lowest BCUT2D eigenvalue weighted by Gasteiger charge is -2.47. The van der Waals surface area contributed by atoms with Crippen LogP contribution in [-0.4, -0.2) is 151 Å². The zero-order chi connectivity index (χ0) is 48.7. The third-order valence-electron chi connectivity index (χ3n) is 12.6. The van der Waals surface area contributed by atoms with Gasteiger partial charge in [-0.15, -0.1) is 0 Å². The Morgan fingerprint density at radius 2 is 0.909 bits per heavy atom. The highest BCUT2D eigenvalue weighted by atomic mass is 31.2. The van der Waals surface area contributed by atoms with E-state index in [1.165, 1.54) is 103 Å². The monoisotopic (exact) mass is 973 g/mol. The Kier molecular flexibility index (Phi) is 32.9. The van der Waals surface area contributed by atoms with Crippen LogP contribution < -0.4 is 0 Å². The summed E-state index contributed by atoms with van der Waals surface area (Å²) in [6.07, 6.45) is 6.17. The summed E-state index contributed by atoms with van der Waals surface area (Å²) in [7, 11) is -5.37. The van der Waals surface area contributed by atoms with Crippen LogP contribution >= 0.6 is 7.82 Å². The number of aliphatic hydroxyl groups excluding tert-OH is 8. The number of hydrogen-bond acceptors (Lipinski definition) is 17. The Labute approximate surface area is 393 Å². The summed E-state index contributed by atoms with van der Waals surface area (Å²) in [5, 5.41) is 82.9. The Morgan fingerprint density at radius 3 is 1.35 bits per heavy atom. The molecule has 1 saturated carbocycles. The highest BCUT2D eigenvalue weighted by Crippen LogP contribution is 2.48. The van der Waals surface area contributed by atoms with Crippen molar-refractivity contribution in [3.05, 3.63) is 0 Å². The topological polar surface area (TPSA) is 289 Å². The van der Waals surface area contributed by atoms with E-state index >= 15 is 0 Å². The molecule has 66 heavy (non-hydrogen) atoms. The molecule has 2 rings (SSSR count). The molecule has 1 saturated heterocycles. The molecule has 0 radical (unpaired) electrons. The van der Waals surface area contributed by atoms with Crippen LogP contribution in [0.15, 0.2) is 0 Å². The van der Waals surface area contributed by atoms with Crippen LogP contribution in [0.4, 0.5) is 0 Å². The number of esters is 2. The highest BCUT2D eigenvalue weighted by Gasteiger charge is 2.55. The summed E-state index contributed by atoms with van der Waals surface area (Å²) in [6.45, 7) is 2.23. The molecule has 18 nitrogen and oxygen atoms in total. The van der Waals surface area contributed by atoms with Gasteiger partial charge in [-0.3, -0.25) is 18.6 Å². The number of ether oxygens (including phenoxy) is 4. The van der Waals surface area contributed by atoms with E-state index in [9.17, 15) is 59.9 Å². The Bertz CT molecular complexity index is 1300. The van der Waals surface area contributed by atoms with E-state index in [2.05, 4.69) is 13.8 Å². The molecule has 1 unspecified atom stereocenters. The van der Waals surface area contributed by atoms with Crippen molar-refractivity contribution >= 4 is 19.8 Å². The molecule has 2 aliphatic rings. The first-order valence-electron chi connectivity index (χ1n) is 25.4. The molecular formula is C47H89O18P. The maximum absolute atomic E-state index is 13.4. The lowest BCUT2D eigenvalue weighted by molar-refractivity contribution is -0.338. The minimum absolute atomic E-state index is 0.0395. The maximum Gasteiger partial charge on any atom is 0.472 e. The predicted octanol–water partition coefficient (Wildman–Crippen LogP) is 5.55. The number of phosphoric ester groups is 1. The molecule has 1 aliphatic carbocycles. The molecule has 0 bridgehead atoms. The second-order valence-electron chi connectivity index (χ2n) is 18.4. The van der Waals surface area contributed by atoms with Gasteiger partial charge in [0.25, 0.3) is 0 Å². The number of hydrogen-bond donors (Lipinski definition) is 9. The number of unbranched alkanes of at least 4 members (excludes halogenated alkanes) is 24. The van der Waals surface area contributed by atoms with Crippen LogP contribution in [-0.2, 0) is 42.1 Å². The fourth-order valence-electron chi connectivity index (χ4n) is 8.35. The second kappa shape index (κ2) is 35.7. The Hall–Kier alpha value is -1.35. The lowest BCUT2D eigenvalue weighted by Crippen LogP contribution is -2.67. The fourth-order valence-corrected chi connectivity index (χ4v) is 9.32. The van der Waals surface area contributed by atoms with E-state index in [-0.39, 0.29) is 12.8 Å². The first kappa shape index (κ1) is 60.8. The smallest absolute Gasteiger partial charge is 0.462 e. The molecule has 9 N–H and O–H groups in total. The molecule has 0 spiro atoms. The second-order valence-corrected chi connectivity index (χ2v) is 19.8. The van der Waals surface area contributed by atoms with Crippen molar-refractivity contribution in [2.24, 2.45) is 0 Å².